The molecule has 1 aromatic carbocycles. The first kappa shape index (κ1) is 19.1. The zero-order chi connectivity index (χ0) is 18.1. The Balaban J connectivity index is 2.01. The number of nitrogens with one attached hydrogen (secondary N) is 1. The average molecular weight is 361 g/mol. The van der Waals surface area contributed by atoms with Gasteiger partial charge in [0.05, 0.1) is 13.2 Å². The molecule has 2 aromatic rings. The molecule has 0 unspecified atom stereocenters. The predicted molar refractivity (Wildman–Crippen MR) is 100 cm³/mol. The van der Waals surface area contributed by atoms with Crippen molar-refractivity contribution in [1.82, 2.24) is 10.3 Å². The monoisotopic (exact) mass is 361 g/mol. The number of nitrogens with zero attached hydrogens (tertiary/aromatic N) is 1. The highest BCUT2D eigenvalue weighted by atomic mass is 32.2. The molecular formula is C18H23N3O3S. The molecule has 2 rings (SSSR count). The number of amides is 1. The summed E-state index contributed by atoms with van der Waals surface area (Å²) in [5.74, 6) is 2.43. The summed E-state index contributed by atoms with van der Waals surface area (Å²) in [5, 5.41) is 2.84. The fourth-order valence-corrected chi connectivity index (χ4v) is 2.61. The van der Waals surface area contributed by atoms with Gasteiger partial charge < -0.3 is 20.5 Å². The first-order chi connectivity index (χ1) is 12.1. The molecule has 1 atom stereocenters. The fraction of sp³-hybridized carbons (Fsp3) is 0.333. The number of carbonyl (C=O) groups excluding carboxylic acids is 1. The van der Waals surface area contributed by atoms with Crippen LogP contribution in [0.2, 0.25) is 0 Å². The van der Waals surface area contributed by atoms with E-state index in [-0.39, 0.29) is 5.91 Å². The van der Waals surface area contributed by atoms with Crippen LogP contribution in [0.25, 0.3) is 0 Å². The Morgan fingerprint density at radius 2 is 2.12 bits per heavy atom. The number of ether oxygens (including phenoxy) is 2. The third kappa shape index (κ3) is 5.95. The minimum absolute atomic E-state index is 0.176. The molecule has 0 bridgehead atoms. The van der Waals surface area contributed by atoms with Crippen LogP contribution in [0.3, 0.4) is 0 Å². The van der Waals surface area contributed by atoms with Crippen molar-refractivity contribution in [3.05, 3.63) is 48.2 Å². The maximum atomic E-state index is 12.1. The lowest BCUT2D eigenvalue weighted by atomic mass is 10.2. The van der Waals surface area contributed by atoms with Crippen LogP contribution in [0, 0.1) is 0 Å². The number of methoxy groups -OCH3 is 1. The van der Waals surface area contributed by atoms with E-state index in [1.54, 1.807) is 37.2 Å². The Morgan fingerprint density at radius 1 is 1.32 bits per heavy atom. The number of aromatic nitrogens is 1. The SMILES string of the molecule is COc1cccc(Oc2ncccc2CNC(=O)[C@@H](N)CCSC)c1. The van der Waals surface area contributed by atoms with Gasteiger partial charge in [-0.25, -0.2) is 4.98 Å². The molecule has 0 radical (unpaired) electrons. The summed E-state index contributed by atoms with van der Waals surface area (Å²) in [6, 6.07) is 10.4. The second kappa shape index (κ2) is 9.90. The Hall–Kier alpha value is -2.25. The van der Waals surface area contributed by atoms with Gasteiger partial charge in [0.15, 0.2) is 0 Å². The number of pyridine rings is 1. The molecule has 1 aromatic heterocycles. The zero-order valence-electron chi connectivity index (χ0n) is 14.4. The zero-order valence-corrected chi connectivity index (χ0v) is 15.2. The summed E-state index contributed by atoms with van der Waals surface area (Å²) in [6.45, 7) is 0.305. The fourth-order valence-electron chi connectivity index (χ4n) is 2.12. The summed E-state index contributed by atoms with van der Waals surface area (Å²) in [5.41, 5.74) is 6.65. The quantitative estimate of drug-likeness (QED) is 0.714. The lowest BCUT2D eigenvalue weighted by Gasteiger charge is -2.14. The van der Waals surface area contributed by atoms with Crippen LogP contribution in [-0.4, -0.2) is 36.1 Å². The number of rotatable bonds is 9. The Bertz CT molecular complexity index is 697. The van der Waals surface area contributed by atoms with Crippen LogP contribution < -0.4 is 20.5 Å². The molecule has 0 aliphatic carbocycles. The molecule has 1 heterocycles. The number of benzene rings is 1. The highest BCUT2D eigenvalue weighted by molar-refractivity contribution is 7.98. The van der Waals surface area contributed by atoms with E-state index in [0.29, 0.717) is 30.3 Å². The first-order valence-corrected chi connectivity index (χ1v) is 9.31. The van der Waals surface area contributed by atoms with Gasteiger partial charge in [0.2, 0.25) is 11.8 Å². The third-order valence-electron chi connectivity index (χ3n) is 3.53. The summed E-state index contributed by atoms with van der Waals surface area (Å²) < 4.78 is 11.0. The summed E-state index contributed by atoms with van der Waals surface area (Å²) in [6.07, 6.45) is 4.28. The largest absolute Gasteiger partial charge is 0.497 e. The molecule has 134 valence electrons. The molecule has 0 aliphatic rings. The van der Waals surface area contributed by atoms with Crippen molar-refractivity contribution >= 4 is 17.7 Å². The Morgan fingerprint density at radius 3 is 2.88 bits per heavy atom. The second-order valence-corrected chi connectivity index (χ2v) is 6.34. The van der Waals surface area contributed by atoms with Gasteiger partial charge in [-0.15, -0.1) is 0 Å². The van der Waals surface area contributed by atoms with Crippen molar-refractivity contribution in [2.75, 3.05) is 19.1 Å². The van der Waals surface area contributed by atoms with E-state index in [1.807, 2.05) is 30.5 Å². The molecule has 0 aliphatic heterocycles. The van der Waals surface area contributed by atoms with E-state index >= 15 is 0 Å². The third-order valence-corrected chi connectivity index (χ3v) is 4.17. The van der Waals surface area contributed by atoms with Gasteiger partial charge in [-0.05, 0) is 36.6 Å². The van der Waals surface area contributed by atoms with Gasteiger partial charge in [-0.2, -0.15) is 11.8 Å². The van der Waals surface area contributed by atoms with E-state index in [1.165, 1.54) is 0 Å². The van der Waals surface area contributed by atoms with E-state index in [2.05, 4.69) is 10.3 Å². The Labute approximate surface area is 152 Å². The van der Waals surface area contributed by atoms with Gasteiger partial charge in [0.25, 0.3) is 0 Å². The summed E-state index contributed by atoms with van der Waals surface area (Å²) in [7, 11) is 1.60. The normalized spacial score (nSPS) is 11.6. The van der Waals surface area contributed by atoms with Crippen LogP contribution in [0.1, 0.15) is 12.0 Å². The number of nitrogens with two attached hydrogens (primary N) is 1. The molecule has 3 N–H and O–H groups in total. The van der Waals surface area contributed by atoms with Crippen LogP contribution in [-0.2, 0) is 11.3 Å². The van der Waals surface area contributed by atoms with Crippen LogP contribution >= 0.6 is 11.8 Å². The standard InChI is InChI=1S/C18H23N3O3S/c1-23-14-6-3-7-15(11-14)24-18-13(5-4-9-20-18)12-21-17(22)16(19)8-10-25-2/h3-7,9,11,16H,8,10,12,19H2,1-2H3,(H,21,22)/t16-/m0/s1. The van der Waals surface area contributed by atoms with Gasteiger partial charge >= 0.3 is 0 Å². The van der Waals surface area contributed by atoms with Crippen molar-refractivity contribution in [1.29, 1.82) is 0 Å². The molecule has 1 amide bonds. The minimum Gasteiger partial charge on any atom is -0.497 e. The van der Waals surface area contributed by atoms with Crippen molar-refractivity contribution in [2.24, 2.45) is 5.73 Å². The highest BCUT2D eigenvalue weighted by Crippen LogP contribution is 2.26. The Kier molecular flexibility index (Phi) is 7.56. The lowest BCUT2D eigenvalue weighted by molar-refractivity contribution is -0.122. The maximum absolute atomic E-state index is 12.1. The number of hydrogen-bond acceptors (Lipinski definition) is 6. The van der Waals surface area contributed by atoms with Crippen molar-refractivity contribution in [3.8, 4) is 17.4 Å². The van der Waals surface area contributed by atoms with E-state index in [4.69, 9.17) is 15.2 Å². The van der Waals surface area contributed by atoms with Crippen molar-refractivity contribution in [3.63, 3.8) is 0 Å². The second-order valence-electron chi connectivity index (χ2n) is 5.35. The minimum atomic E-state index is -0.508. The molecular weight excluding hydrogens is 338 g/mol. The summed E-state index contributed by atoms with van der Waals surface area (Å²) in [4.78, 5) is 16.3. The lowest BCUT2D eigenvalue weighted by Crippen LogP contribution is -2.40. The molecule has 6 nitrogen and oxygen atoms in total. The molecule has 0 saturated carbocycles. The van der Waals surface area contributed by atoms with Gasteiger partial charge in [0.1, 0.15) is 11.5 Å². The molecule has 7 heteroatoms. The van der Waals surface area contributed by atoms with Gasteiger partial charge in [0, 0.05) is 24.4 Å². The highest BCUT2D eigenvalue weighted by Gasteiger charge is 2.14. The number of carbonyl (C=O) groups is 1. The topological polar surface area (TPSA) is 86.5 Å². The molecule has 25 heavy (non-hydrogen) atoms. The average Bonchev–Trinajstić information content (AvgIpc) is 2.65. The van der Waals surface area contributed by atoms with Crippen LogP contribution in [0.4, 0.5) is 0 Å². The van der Waals surface area contributed by atoms with E-state index in [9.17, 15) is 4.79 Å². The number of thioether (sulfide) groups is 1. The van der Waals surface area contributed by atoms with Crippen LogP contribution in [0.5, 0.6) is 17.4 Å². The van der Waals surface area contributed by atoms with Crippen molar-refractivity contribution in [2.45, 2.75) is 19.0 Å². The smallest absolute Gasteiger partial charge is 0.237 e. The van der Waals surface area contributed by atoms with Gasteiger partial charge in [-0.1, -0.05) is 12.1 Å². The first-order valence-electron chi connectivity index (χ1n) is 7.92. The van der Waals surface area contributed by atoms with E-state index in [0.717, 1.165) is 11.3 Å². The van der Waals surface area contributed by atoms with Crippen molar-refractivity contribution < 1.29 is 14.3 Å². The van der Waals surface area contributed by atoms with Crippen LogP contribution in [0.15, 0.2) is 42.6 Å². The summed E-state index contributed by atoms with van der Waals surface area (Å²) >= 11 is 1.67. The molecule has 0 fully saturated rings. The van der Waals surface area contributed by atoms with Gasteiger partial charge in [-0.3, -0.25) is 4.79 Å². The number of hydrogen-bond donors (Lipinski definition) is 2. The molecule has 0 spiro atoms. The maximum Gasteiger partial charge on any atom is 0.237 e. The van der Waals surface area contributed by atoms with E-state index < -0.39 is 6.04 Å². The predicted octanol–water partition coefficient (Wildman–Crippen LogP) is 2.58. The molecule has 0 saturated heterocycles.